The van der Waals surface area contributed by atoms with E-state index < -0.39 is 0 Å². The van der Waals surface area contributed by atoms with Gasteiger partial charge in [0.1, 0.15) is 65.8 Å². The number of aliphatic hydroxyl groups excluding tert-OH is 2. The molecular weight excluding hydrogens is 1350 g/mol. The summed E-state index contributed by atoms with van der Waals surface area (Å²) in [4.78, 5) is 59.0. The summed E-state index contributed by atoms with van der Waals surface area (Å²) in [5.41, 5.74) is 3.14. The minimum atomic E-state index is -0.246. The van der Waals surface area contributed by atoms with Crippen molar-refractivity contribution in [3.05, 3.63) is 179 Å². The summed E-state index contributed by atoms with van der Waals surface area (Å²) in [6, 6.07) is 45.8. The van der Waals surface area contributed by atoms with Crippen LogP contribution in [0.25, 0.3) is 0 Å². The average molecular weight is 1510 g/mol. The third kappa shape index (κ3) is 54.3. The summed E-state index contributed by atoms with van der Waals surface area (Å²) < 4.78 is 44.5. The standard InChI is InChI=1S/C18H30NO2.2C17H28NO2.C15H24NO2.C12H18NO2.3C2H6O.2CH4O/c1-4-7-14-19(6-3,13-5-2)15-16-21-18(20)17-11-9-8-10-12-17;2*1-4-12-18(6-3,13-5-2)14-15-20-17(19)16-10-8-7-9-11-16;1-4-16(5-2,6-3)12-13-18-15(17)14-10-8-7-9-11-14;1-13(2,3)9-10-15-12(14)11-7-5-4-6-8-11;3*1-3-2;2*1-2/h8-12H,4-7,13-16H2,1-3H3;2*7-11H,4-6,12-15H2,1-3H3;7-11H,4-6,12-13H2,1-3H3;4-8H,9-10H2,1-3H3;3*1-2H3;2*2H,1H3/q5*+1;;;;;. The lowest BCUT2D eigenvalue weighted by Gasteiger charge is -2.37. The summed E-state index contributed by atoms with van der Waals surface area (Å²) in [5, 5.41) is 14.0. The number of carbonyl (C=O) groups excluding carboxylic acids is 5. The Bertz CT molecular complexity index is 2700. The van der Waals surface area contributed by atoms with Crippen molar-refractivity contribution >= 4 is 29.8 Å². The molecule has 0 radical (unpaired) electrons. The van der Waals surface area contributed by atoms with Gasteiger partial charge in [0.2, 0.25) is 0 Å². The molecule has 5 aromatic rings. The molecule has 0 aliphatic carbocycles. The maximum atomic E-state index is 12.0. The van der Waals surface area contributed by atoms with E-state index in [1.807, 2.05) is 91.0 Å². The number of likely N-dealkylation sites (N-methyl/N-ethyl adjacent to an activating group) is 5. The third-order valence-corrected chi connectivity index (χ3v) is 17.7. The van der Waals surface area contributed by atoms with E-state index in [1.54, 1.807) is 103 Å². The van der Waals surface area contributed by atoms with Crippen molar-refractivity contribution in [3.8, 4) is 0 Å². The number of carbonyl (C=O) groups is 5. The number of hydrogen-bond donors (Lipinski definition) is 2. The molecule has 0 fully saturated rings. The molecule has 0 saturated heterocycles. The molecule has 0 bridgehead atoms. The largest absolute Gasteiger partial charge is 0.456 e. The van der Waals surface area contributed by atoms with Crippen LogP contribution >= 0.6 is 0 Å². The highest BCUT2D eigenvalue weighted by Crippen LogP contribution is 2.15. The second-order valence-electron chi connectivity index (χ2n) is 26.6. The summed E-state index contributed by atoms with van der Waals surface area (Å²) >= 11 is 0. The first-order valence-corrected chi connectivity index (χ1v) is 38.8. The maximum Gasteiger partial charge on any atom is 0.338 e. The lowest BCUT2D eigenvalue weighted by Crippen LogP contribution is -2.51. The zero-order valence-corrected chi connectivity index (χ0v) is 71.4. The fourth-order valence-corrected chi connectivity index (χ4v) is 11.5. The topological polar surface area (TPSA) is 200 Å². The predicted molar refractivity (Wildman–Crippen MR) is 441 cm³/mol. The lowest BCUT2D eigenvalue weighted by atomic mass is 10.2. The molecule has 0 spiro atoms. The Morgan fingerprint density at radius 2 is 0.421 bits per heavy atom. The first kappa shape index (κ1) is 109. The molecule has 0 amide bonds. The molecule has 1 unspecified atom stereocenters. The zero-order chi connectivity index (χ0) is 82.1. The second-order valence-corrected chi connectivity index (χ2v) is 26.6. The van der Waals surface area contributed by atoms with E-state index in [0.29, 0.717) is 60.9 Å². The molecule has 5 rings (SSSR count). The Morgan fingerprint density at radius 1 is 0.252 bits per heavy atom. The van der Waals surface area contributed by atoms with Gasteiger partial charge in [-0.15, -0.1) is 0 Å². The van der Waals surface area contributed by atoms with Crippen LogP contribution in [0.2, 0.25) is 0 Å². The molecule has 20 nitrogen and oxygen atoms in total. The Hall–Kier alpha value is -6.95. The third-order valence-electron chi connectivity index (χ3n) is 17.7. The first-order chi connectivity index (χ1) is 51.4. The van der Waals surface area contributed by atoms with E-state index in [4.69, 9.17) is 33.9 Å². The Labute approximate surface area is 651 Å². The van der Waals surface area contributed by atoms with Crippen LogP contribution in [0.3, 0.4) is 0 Å². The first-order valence-electron chi connectivity index (χ1n) is 38.8. The van der Waals surface area contributed by atoms with Crippen LogP contribution in [-0.4, -0.2) is 285 Å². The van der Waals surface area contributed by atoms with E-state index >= 15 is 0 Å². The Balaban J connectivity index is -0.000000390. The van der Waals surface area contributed by atoms with E-state index in [9.17, 15) is 24.0 Å². The van der Waals surface area contributed by atoms with Gasteiger partial charge in [0.15, 0.2) is 0 Å². The zero-order valence-electron chi connectivity index (χ0n) is 71.4. The van der Waals surface area contributed by atoms with Crippen molar-refractivity contribution in [2.75, 3.05) is 222 Å². The van der Waals surface area contributed by atoms with Crippen LogP contribution in [0.5, 0.6) is 0 Å². The number of benzene rings is 5. The smallest absolute Gasteiger partial charge is 0.338 e. The minimum Gasteiger partial charge on any atom is -0.456 e. The van der Waals surface area contributed by atoms with Gasteiger partial charge in [-0.3, -0.25) is 0 Å². The van der Waals surface area contributed by atoms with Gasteiger partial charge in [-0.25, -0.2) is 24.0 Å². The summed E-state index contributed by atoms with van der Waals surface area (Å²) in [6.45, 7) is 47.0. The Kier molecular flexibility index (Phi) is 73.0. The van der Waals surface area contributed by atoms with Crippen molar-refractivity contribution in [2.45, 2.75) is 128 Å². The van der Waals surface area contributed by atoms with Crippen molar-refractivity contribution in [2.24, 2.45) is 0 Å². The highest BCUT2D eigenvalue weighted by atomic mass is 16.5. The number of esters is 5. The summed E-state index contributed by atoms with van der Waals surface area (Å²) in [5.74, 6) is -1.11. The molecule has 612 valence electrons. The van der Waals surface area contributed by atoms with Crippen LogP contribution in [-0.2, 0) is 37.9 Å². The van der Waals surface area contributed by atoms with Gasteiger partial charge in [-0.2, -0.15) is 0 Å². The number of methoxy groups -OCH3 is 3. The molecule has 1 atom stereocenters. The van der Waals surface area contributed by atoms with E-state index in [-0.39, 0.29) is 29.8 Å². The molecule has 0 aromatic heterocycles. The molecule has 2 N–H and O–H groups in total. The van der Waals surface area contributed by atoms with Gasteiger partial charge in [0.25, 0.3) is 0 Å². The highest BCUT2D eigenvalue weighted by Gasteiger charge is 2.27. The predicted octanol–water partition coefficient (Wildman–Crippen LogP) is 15.2. The van der Waals surface area contributed by atoms with E-state index in [2.05, 4.69) is 118 Å². The number of ether oxygens (including phenoxy) is 8. The van der Waals surface area contributed by atoms with Crippen molar-refractivity contribution < 1.29 is 94.5 Å². The molecule has 0 heterocycles. The van der Waals surface area contributed by atoms with Gasteiger partial charge in [0, 0.05) is 56.9 Å². The fourth-order valence-electron chi connectivity index (χ4n) is 11.5. The van der Waals surface area contributed by atoms with Gasteiger partial charge < -0.3 is 70.5 Å². The molecule has 107 heavy (non-hydrogen) atoms. The van der Waals surface area contributed by atoms with Gasteiger partial charge >= 0.3 is 29.8 Å². The van der Waals surface area contributed by atoms with E-state index in [1.165, 1.54) is 58.0 Å². The van der Waals surface area contributed by atoms with E-state index in [0.717, 1.165) is 135 Å². The summed E-state index contributed by atoms with van der Waals surface area (Å²) in [6.07, 6.45) is 8.29. The molecule has 0 aliphatic rings. The number of rotatable bonds is 39. The Morgan fingerprint density at radius 3 is 0.579 bits per heavy atom. The molecule has 0 saturated carbocycles. The van der Waals surface area contributed by atoms with Crippen molar-refractivity contribution in [1.82, 2.24) is 0 Å². The van der Waals surface area contributed by atoms with Crippen molar-refractivity contribution in [3.63, 3.8) is 0 Å². The normalized spacial score (nSPS) is 11.0. The molecule has 20 heteroatoms. The molecule has 0 aliphatic heterocycles. The highest BCUT2D eigenvalue weighted by molar-refractivity contribution is 5.91. The maximum absolute atomic E-state index is 12.0. The number of quaternary nitrogens is 5. The van der Waals surface area contributed by atoms with Gasteiger partial charge in [-0.05, 0) is 141 Å². The molecule has 5 aromatic carbocycles. The van der Waals surface area contributed by atoms with Crippen LogP contribution in [0.4, 0.5) is 0 Å². The van der Waals surface area contributed by atoms with Gasteiger partial charge in [0.05, 0.1) is 127 Å². The van der Waals surface area contributed by atoms with Crippen molar-refractivity contribution in [1.29, 1.82) is 0 Å². The molecular formula is C87H154N5O15+5. The minimum absolute atomic E-state index is 0.211. The average Bonchev–Trinajstić information content (AvgIpc) is 0.872. The van der Waals surface area contributed by atoms with Crippen LogP contribution < -0.4 is 0 Å². The SMILES string of the molecule is CCCC[N+](CC)(CCC)CCOC(=O)c1ccccc1.CCC[N+](CC)(CCC)CCOC(=O)c1ccccc1.CCC[N+](CC)(CCC)CCOC(=O)c1ccccc1.CC[N+](CC)(CC)CCOC(=O)c1ccccc1.CO.CO.COC.COC.COC.C[N+](C)(C)CCOC(=O)c1ccccc1. The van der Waals surface area contributed by atoms with Gasteiger partial charge in [-0.1, -0.05) is 139 Å². The fraction of sp³-hybridized carbons (Fsp3) is 0.598. The summed E-state index contributed by atoms with van der Waals surface area (Å²) in [7, 11) is 17.9. The van der Waals surface area contributed by atoms with Crippen LogP contribution in [0.15, 0.2) is 152 Å². The quantitative estimate of drug-likeness (QED) is 0.0214. The number of hydrogen-bond acceptors (Lipinski definition) is 15. The number of aliphatic hydroxyl groups is 2. The van der Waals surface area contributed by atoms with Crippen LogP contribution in [0.1, 0.15) is 180 Å². The lowest BCUT2D eigenvalue weighted by molar-refractivity contribution is -0.926. The van der Waals surface area contributed by atoms with Crippen LogP contribution in [0, 0.1) is 0 Å². The second kappa shape index (κ2) is 71.9. The monoisotopic (exact) mass is 1510 g/mol. The number of nitrogens with zero attached hydrogens (tertiary/aromatic N) is 5. The number of unbranched alkanes of at least 4 members (excludes halogenated alkanes) is 1.